The molecule has 2 aromatic heterocycles. The summed E-state index contributed by atoms with van der Waals surface area (Å²) in [6.45, 7) is 0. The lowest BCUT2D eigenvalue weighted by Gasteiger charge is -2.10. The highest BCUT2D eigenvalue weighted by Crippen LogP contribution is 2.39. The van der Waals surface area contributed by atoms with Gasteiger partial charge in [-0.2, -0.15) is 0 Å². The fourth-order valence-corrected chi connectivity index (χ4v) is 7.30. The molecule has 0 amide bonds. The Morgan fingerprint density at radius 1 is 0.320 bits per heavy atom. The molecule has 5 heteroatoms. The van der Waals surface area contributed by atoms with Gasteiger partial charge in [-0.05, 0) is 82.9 Å². The third-order valence-corrected chi connectivity index (χ3v) is 9.96. The summed E-state index contributed by atoms with van der Waals surface area (Å²) in [6.07, 6.45) is 0. The second-order valence-electron chi connectivity index (χ2n) is 12.1. The number of rotatable bonds is 7. The van der Waals surface area contributed by atoms with Crippen LogP contribution in [0.5, 0.6) is 11.5 Å². The van der Waals surface area contributed by atoms with Gasteiger partial charge in [0.1, 0.15) is 11.5 Å². The predicted molar refractivity (Wildman–Crippen MR) is 206 cm³/mol. The Morgan fingerprint density at radius 3 is 1.10 bits per heavy atom. The minimum atomic E-state index is 0.611. The molecule has 50 heavy (non-hydrogen) atoms. The van der Waals surface area contributed by atoms with E-state index in [9.17, 15) is 0 Å². The van der Waals surface area contributed by atoms with Gasteiger partial charge in [0.2, 0.25) is 0 Å². The maximum atomic E-state index is 6.27. The van der Waals surface area contributed by atoms with Gasteiger partial charge in [-0.25, -0.2) is 15.0 Å². The molecular weight excluding hydrogens is 631 g/mol. The first-order chi connectivity index (χ1) is 24.7. The molecule has 0 aliphatic rings. The van der Waals surface area contributed by atoms with Crippen LogP contribution in [0.4, 0.5) is 0 Å². The molecule has 4 nitrogen and oxygen atoms in total. The molecule has 0 saturated carbocycles. The second-order valence-corrected chi connectivity index (χ2v) is 13.2. The molecule has 0 N–H and O–H groups in total. The minimum absolute atomic E-state index is 0.611. The smallest absolute Gasteiger partial charge is 0.164 e. The molecule has 0 spiro atoms. The van der Waals surface area contributed by atoms with E-state index in [1.54, 1.807) is 0 Å². The van der Waals surface area contributed by atoms with Crippen molar-refractivity contribution in [1.82, 2.24) is 15.0 Å². The van der Waals surface area contributed by atoms with E-state index in [-0.39, 0.29) is 0 Å². The summed E-state index contributed by atoms with van der Waals surface area (Å²) in [5.41, 5.74) is 7.56. The maximum Gasteiger partial charge on any atom is 0.164 e. The molecule has 2 heterocycles. The Labute approximate surface area is 294 Å². The summed E-state index contributed by atoms with van der Waals surface area (Å²) in [5.74, 6) is 3.40. The molecule has 9 rings (SSSR count). The highest BCUT2D eigenvalue weighted by atomic mass is 32.1. The zero-order chi connectivity index (χ0) is 33.3. The van der Waals surface area contributed by atoms with E-state index in [2.05, 4.69) is 78.9 Å². The maximum absolute atomic E-state index is 6.27. The van der Waals surface area contributed by atoms with Gasteiger partial charge in [0.25, 0.3) is 0 Å². The molecule has 0 saturated heterocycles. The number of hydrogen-bond acceptors (Lipinski definition) is 5. The Morgan fingerprint density at radius 2 is 0.660 bits per heavy atom. The molecule has 7 aromatic carbocycles. The normalized spacial score (nSPS) is 11.2. The number of nitrogens with zero attached hydrogens (tertiary/aromatic N) is 3. The van der Waals surface area contributed by atoms with E-state index < -0.39 is 0 Å². The second kappa shape index (κ2) is 12.9. The van der Waals surface area contributed by atoms with Crippen LogP contribution in [0.25, 0.3) is 76.6 Å². The number of hydrogen-bond donors (Lipinski definition) is 0. The van der Waals surface area contributed by atoms with Crippen molar-refractivity contribution < 1.29 is 4.74 Å². The summed E-state index contributed by atoms with van der Waals surface area (Å²) < 4.78 is 8.86. The van der Waals surface area contributed by atoms with Crippen LogP contribution in [0.3, 0.4) is 0 Å². The number of benzene rings is 7. The van der Waals surface area contributed by atoms with Crippen molar-refractivity contribution >= 4 is 31.5 Å². The number of aromatic nitrogens is 3. The monoisotopic (exact) mass is 659 g/mol. The Kier molecular flexibility index (Phi) is 7.65. The van der Waals surface area contributed by atoms with Crippen molar-refractivity contribution in [2.45, 2.75) is 0 Å². The average Bonchev–Trinajstić information content (AvgIpc) is 3.57. The van der Waals surface area contributed by atoms with Crippen molar-refractivity contribution in [3.8, 4) is 67.9 Å². The summed E-state index contributed by atoms with van der Waals surface area (Å²) in [4.78, 5) is 14.5. The Balaban J connectivity index is 0.964. The summed E-state index contributed by atoms with van der Waals surface area (Å²) in [6, 6.07) is 60.3. The molecule has 0 unspecified atom stereocenters. The topological polar surface area (TPSA) is 47.9 Å². The third-order valence-electron chi connectivity index (χ3n) is 8.81. The molecule has 0 fully saturated rings. The van der Waals surface area contributed by atoms with E-state index in [0.29, 0.717) is 17.5 Å². The molecule has 236 valence electrons. The van der Waals surface area contributed by atoms with Crippen molar-refractivity contribution in [3.05, 3.63) is 176 Å². The lowest BCUT2D eigenvalue weighted by Crippen LogP contribution is -2.00. The van der Waals surface area contributed by atoms with Gasteiger partial charge in [-0.3, -0.25) is 0 Å². The zero-order valence-corrected chi connectivity index (χ0v) is 27.7. The lowest BCUT2D eigenvalue weighted by atomic mass is 10.0. The fraction of sp³-hybridized carbons (Fsp3) is 0. The van der Waals surface area contributed by atoms with Crippen molar-refractivity contribution in [2.24, 2.45) is 0 Å². The fourth-order valence-electron chi connectivity index (χ4n) is 6.23. The number of ether oxygens (including phenoxy) is 1. The molecule has 0 bridgehead atoms. The zero-order valence-electron chi connectivity index (χ0n) is 26.9. The van der Waals surface area contributed by atoms with Crippen LogP contribution < -0.4 is 4.74 Å². The van der Waals surface area contributed by atoms with Gasteiger partial charge >= 0.3 is 0 Å². The van der Waals surface area contributed by atoms with E-state index >= 15 is 0 Å². The van der Waals surface area contributed by atoms with Crippen LogP contribution in [0.15, 0.2) is 176 Å². The first kappa shape index (κ1) is 29.7. The van der Waals surface area contributed by atoms with Crippen LogP contribution >= 0.6 is 11.3 Å². The molecule has 9 aromatic rings. The van der Waals surface area contributed by atoms with Crippen LogP contribution in [0.1, 0.15) is 0 Å². The van der Waals surface area contributed by atoms with Crippen LogP contribution in [0.2, 0.25) is 0 Å². The summed E-state index contributed by atoms with van der Waals surface area (Å²) in [7, 11) is 0. The largest absolute Gasteiger partial charge is 0.457 e. The van der Waals surface area contributed by atoms with Gasteiger partial charge < -0.3 is 4.74 Å². The van der Waals surface area contributed by atoms with Crippen molar-refractivity contribution in [2.75, 3.05) is 0 Å². The lowest BCUT2D eigenvalue weighted by molar-refractivity contribution is 0.483. The SMILES string of the molecule is c1ccc(-c2ccc3sc4ccc(-c5ccc(Oc6ccc(-c7nc(-c8ccccc8)nc(-c8ccccc8)n7)cc6)cc5)cc4c3c2)cc1. The molecule has 0 radical (unpaired) electrons. The summed E-state index contributed by atoms with van der Waals surface area (Å²) in [5, 5.41) is 2.58. The van der Waals surface area contributed by atoms with E-state index in [1.807, 2.05) is 108 Å². The minimum Gasteiger partial charge on any atom is -0.457 e. The third kappa shape index (κ3) is 5.91. The molecule has 0 aliphatic heterocycles. The average molecular weight is 660 g/mol. The van der Waals surface area contributed by atoms with Gasteiger partial charge in [0, 0.05) is 36.9 Å². The van der Waals surface area contributed by atoms with Crippen LogP contribution in [-0.2, 0) is 0 Å². The quantitative estimate of drug-likeness (QED) is 0.171. The first-order valence-electron chi connectivity index (χ1n) is 16.5. The van der Waals surface area contributed by atoms with Crippen molar-refractivity contribution in [3.63, 3.8) is 0 Å². The molecule has 0 aliphatic carbocycles. The van der Waals surface area contributed by atoms with Gasteiger partial charge in [-0.1, -0.05) is 115 Å². The number of fused-ring (bicyclic) bond motifs is 3. The highest BCUT2D eigenvalue weighted by Gasteiger charge is 2.13. The Bertz CT molecular complexity index is 2530. The summed E-state index contributed by atoms with van der Waals surface area (Å²) >= 11 is 1.84. The van der Waals surface area contributed by atoms with E-state index in [0.717, 1.165) is 33.8 Å². The van der Waals surface area contributed by atoms with Gasteiger partial charge in [0.15, 0.2) is 17.5 Å². The predicted octanol–water partition coefficient (Wildman–Crippen LogP) is 12.4. The first-order valence-corrected chi connectivity index (χ1v) is 17.3. The van der Waals surface area contributed by atoms with Gasteiger partial charge in [-0.15, -0.1) is 11.3 Å². The standard InChI is InChI=1S/C45H29N3OS/c1-4-10-30(11-5-1)35-20-26-41-39(28-35)40-29-36(21-27-42(40)50-41)31-16-22-37(23-17-31)49-38-24-18-34(19-25-38)45-47-43(32-12-6-2-7-13-32)46-44(48-45)33-14-8-3-9-15-33/h1-29H. The molecular formula is C45H29N3OS. The van der Waals surface area contributed by atoms with E-state index in [1.165, 1.54) is 36.9 Å². The Hall–Kier alpha value is -6.43. The van der Waals surface area contributed by atoms with Crippen LogP contribution in [0, 0.1) is 0 Å². The van der Waals surface area contributed by atoms with Crippen LogP contribution in [-0.4, -0.2) is 15.0 Å². The van der Waals surface area contributed by atoms with Crippen molar-refractivity contribution in [1.29, 1.82) is 0 Å². The highest BCUT2D eigenvalue weighted by molar-refractivity contribution is 7.25. The molecule has 0 atom stereocenters. The number of thiophene rings is 1. The van der Waals surface area contributed by atoms with Gasteiger partial charge in [0.05, 0.1) is 0 Å². The van der Waals surface area contributed by atoms with E-state index in [4.69, 9.17) is 19.7 Å².